The third kappa shape index (κ3) is 5.61. The number of rotatable bonds is 7. The number of halogens is 1. The zero-order chi connectivity index (χ0) is 24.4. The van der Waals surface area contributed by atoms with Crippen molar-refractivity contribution in [1.29, 1.82) is 0 Å². The molecule has 4 aromatic rings. The normalized spacial score (nSPS) is 18.4. The van der Waals surface area contributed by atoms with E-state index in [1.807, 2.05) is 54.6 Å². The molecule has 7 heteroatoms. The van der Waals surface area contributed by atoms with Gasteiger partial charge in [-0.25, -0.2) is 13.4 Å². The third-order valence-electron chi connectivity index (χ3n) is 7.10. The molecular weight excluding hydrogens is 480 g/mol. The van der Waals surface area contributed by atoms with Crippen LogP contribution in [-0.4, -0.2) is 30.1 Å². The van der Waals surface area contributed by atoms with E-state index in [9.17, 15) is 13.5 Å². The number of thiol groups is 1. The van der Waals surface area contributed by atoms with Crippen LogP contribution in [0.2, 0.25) is 5.02 Å². The highest BCUT2D eigenvalue weighted by Gasteiger charge is 2.21. The largest absolute Gasteiger partial charge is 0.396 e. The highest BCUT2D eigenvalue weighted by atomic mass is 35.5. The van der Waals surface area contributed by atoms with Crippen LogP contribution in [0.1, 0.15) is 36.9 Å². The monoisotopic (exact) mass is 508 g/mol. The highest BCUT2D eigenvalue weighted by molar-refractivity contribution is 7.71. The molecule has 0 amide bonds. The Labute approximate surface area is 212 Å². The number of nitrogens with one attached hydrogen (secondary N) is 1. The van der Waals surface area contributed by atoms with E-state index >= 15 is 0 Å². The van der Waals surface area contributed by atoms with Crippen LogP contribution in [0, 0.1) is 11.8 Å². The van der Waals surface area contributed by atoms with Gasteiger partial charge in [0.05, 0.1) is 27.5 Å². The van der Waals surface area contributed by atoms with Gasteiger partial charge in [-0.05, 0) is 72.8 Å². The van der Waals surface area contributed by atoms with Crippen LogP contribution in [0.3, 0.4) is 0 Å². The number of fused-ring (bicyclic) bond motifs is 1. The number of aromatic nitrogens is 2. The molecule has 0 bridgehead atoms. The smallest absolute Gasteiger partial charge is 0.144 e. The molecule has 5 rings (SSSR count). The molecule has 35 heavy (non-hydrogen) atoms. The minimum atomic E-state index is -2.42. The maximum absolute atomic E-state index is 10.9. The Morgan fingerprint density at radius 1 is 0.886 bits per heavy atom. The Morgan fingerprint density at radius 2 is 1.49 bits per heavy atom. The summed E-state index contributed by atoms with van der Waals surface area (Å²) in [5, 5.41) is 9.98. The van der Waals surface area contributed by atoms with Crippen molar-refractivity contribution in [2.24, 2.45) is 11.8 Å². The lowest BCUT2D eigenvalue weighted by Gasteiger charge is -2.26. The topological polar surface area (TPSA) is 83.1 Å². The van der Waals surface area contributed by atoms with Gasteiger partial charge < -0.3 is 10.1 Å². The predicted molar refractivity (Wildman–Crippen MR) is 142 cm³/mol. The van der Waals surface area contributed by atoms with Crippen molar-refractivity contribution < 1.29 is 13.5 Å². The minimum Gasteiger partial charge on any atom is -0.396 e. The zero-order valence-corrected chi connectivity index (χ0v) is 21.1. The van der Waals surface area contributed by atoms with Crippen molar-refractivity contribution in [3.8, 4) is 22.4 Å². The van der Waals surface area contributed by atoms with Crippen LogP contribution in [0.5, 0.6) is 0 Å². The van der Waals surface area contributed by atoms with Crippen molar-refractivity contribution in [3.63, 3.8) is 0 Å². The fourth-order valence-corrected chi connectivity index (χ4v) is 5.87. The van der Waals surface area contributed by atoms with Crippen molar-refractivity contribution in [1.82, 2.24) is 9.97 Å². The first-order valence-corrected chi connectivity index (χ1v) is 13.8. The average molecular weight is 509 g/mol. The summed E-state index contributed by atoms with van der Waals surface area (Å²) in [6.07, 6.45) is 5.54. The number of aliphatic hydroxyl groups excluding tert-OH is 1. The van der Waals surface area contributed by atoms with Crippen LogP contribution in [-0.2, 0) is 22.9 Å². The van der Waals surface area contributed by atoms with Gasteiger partial charge in [0, 0.05) is 17.9 Å². The summed E-state index contributed by atoms with van der Waals surface area (Å²) >= 11 is 6.63. The molecule has 2 heterocycles. The molecule has 0 saturated heterocycles. The number of aliphatic hydroxyl groups is 1. The van der Waals surface area contributed by atoms with Crippen molar-refractivity contribution >= 4 is 33.3 Å². The Balaban J connectivity index is 1.33. The van der Waals surface area contributed by atoms with E-state index in [-0.39, 0.29) is 5.75 Å². The molecule has 1 aliphatic rings. The second-order valence-electron chi connectivity index (χ2n) is 9.58. The van der Waals surface area contributed by atoms with E-state index < -0.39 is 10.7 Å². The molecular formula is C28H29ClN2O3S. The lowest BCUT2D eigenvalue weighted by Crippen LogP contribution is -2.18. The van der Waals surface area contributed by atoms with E-state index in [0.717, 1.165) is 71.1 Å². The molecule has 1 fully saturated rings. The summed E-state index contributed by atoms with van der Waals surface area (Å²) in [7, 11) is -2.42. The molecule has 0 aliphatic heterocycles. The van der Waals surface area contributed by atoms with Gasteiger partial charge in [0.2, 0.25) is 0 Å². The fraction of sp³-hybridized carbons (Fsp3) is 0.321. The van der Waals surface area contributed by atoms with E-state index in [1.54, 1.807) is 0 Å². The van der Waals surface area contributed by atoms with Gasteiger partial charge in [0.25, 0.3) is 0 Å². The number of aromatic amines is 1. The maximum Gasteiger partial charge on any atom is 0.144 e. The molecule has 0 radical (unpaired) electrons. The van der Waals surface area contributed by atoms with Gasteiger partial charge in [0.15, 0.2) is 0 Å². The van der Waals surface area contributed by atoms with Gasteiger partial charge in [0.1, 0.15) is 10.7 Å². The first-order valence-electron chi connectivity index (χ1n) is 12.1. The summed E-state index contributed by atoms with van der Waals surface area (Å²) in [5.41, 5.74) is 7.63. The van der Waals surface area contributed by atoms with Crippen LogP contribution >= 0.6 is 11.6 Å². The van der Waals surface area contributed by atoms with Crippen LogP contribution < -0.4 is 0 Å². The predicted octanol–water partition coefficient (Wildman–Crippen LogP) is 6.00. The average Bonchev–Trinajstić information content (AvgIpc) is 3.25. The van der Waals surface area contributed by atoms with Crippen LogP contribution in [0.4, 0.5) is 0 Å². The molecule has 0 unspecified atom stereocenters. The molecule has 0 atom stereocenters. The second-order valence-corrected chi connectivity index (χ2v) is 11.0. The number of hydrogen-bond acceptors (Lipinski definition) is 4. The fourth-order valence-electron chi connectivity index (χ4n) is 5.10. The first-order chi connectivity index (χ1) is 17.0. The van der Waals surface area contributed by atoms with Crippen LogP contribution in [0.15, 0.2) is 60.7 Å². The Morgan fingerprint density at radius 3 is 2.11 bits per heavy atom. The maximum atomic E-state index is 10.9. The molecule has 1 saturated carbocycles. The van der Waals surface area contributed by atoms with E-state index in [1.165, 1.54) is 5.69 Å². The Kier molecular flexibility index (Phi) is 7.23. The van der Waals surface area contributed by atoms with Gasteiger partial charge >= 0.3 is 0 Å². The summed E-state index contributed by atoms with van der Waals surface area (Å²) in [4.78, 5) is 8.37. The van der Waals surface area contributed by atoms with Crippen molar-refractivity contribution in [2.45, 2.75) is 37.9 Å². The number of pyridine rings is 1. The SMILES string of the molecule is O=[SH](=O)Cc1ccc(-c2ccc(-c3nc4cc(C[C@H]5CC[C@H](CO)CC5)[nH]c4cc3Cl)cc2)cc1. The van der Waals surface area contributed by atoms with Crippen LogP contribution in [0.25, 0.3) is 33.4 Å². The molecule has 182 valence electrons. The lowest BCUT2D eigenvalue weighted by atomic mass is 9.80. The molecule has 2 N–H and O–H groups in total. The molecule has 2 aromatic heterocycles. The van der Waals surface area contributed by atoms with E-state index in [2.05, 4.69) is 11.1 Å². The summed E-state index contributed by atoms with van der Waals surface area (Å²) in [6.45, 7) is 0.309. The lowest BCUT2D eigenvalue weighted by molar-refractivity contribution is 0.167. The quantitative estimate of drug-likeness (QED) is 0.267. The minimum absolute atomic E-state index is 0.0624. The summed E-state index contributed by atoms with van der Waals surface area (Å²) in [5.74, 6) is 1.18. The molecule has 1 aliphatic carbocycles. The number of nitrogens with zero attached hydrogens (tertiary/aromatic N) is 1. The van der Waals surface area contributed by atoms with Crippen molar-refractivity contribution in [3.05, 3.63) is 76.9 Å². The third-order valence-corrected chi connectivity index (χ3v) is 8.01. The first kappa shape index (κ1) is 24.0. The van der Waals surface area contributed by atoms with Gasteiger partial charge in [-0.2, -0.15) is 0 Å². The molecule has 0 spiro atoms. The Bertz CT molecular complexity index is 1380. The second kappa shape index (κ2) is 10.5. The highest BCUT2D eigenvalue weighted by Crippen LogP contribution is 2.34. The number of hydrogen-bond donors (Lipinski definition) is 3. The van der Waals surface area contributed by atoms with Gasteiger partial charge in [-0.3, -0.25) is 0 Å². The Hall–Kier alpha value is -2.67. The van der Waals surface area contributed by atoms with E-state index in [4.69, 9.17) is 16.6 Å². The summed E-state index contributed by atoms with van der Waals surface area (Å²) in [6, 6.07) is 19.8. The number of benzene rings is 2. The van der Waals surface area contributed by atoms with Gasteiger partial charge in [-0.1, -0.05) is 60.1 Å². The van der Waals surface area contributed by atoms with Gasteiger partial charge in [-0.15, -0.1) is 0 Å². The molecule has 2 aromatic carbocycles. The number of H-pyrrole nitrogens is 1. The van der Waals surface area contributed by atoms with Crippen molar-refractivity contribution in [2.75, 3.05) is 6.61 Å². The molecule has 5 nitrogen and oxygen atoms in total. The zero-order valence-electron chi connectivity index (χ0n) is 19.4. The standard InChI is InChI=1S/C28H29ClN2O3S/c29-25-15-27-26(14-24(30-27)13-18-1-3-19(16-32)4-2-18)31-28(25)23-11-9-22(10-12-23)21-7-5-20(6-8-21)17-35(33)34/h5-12,14-15,18-19,30,32,35H,1-4,13,16-17H2/t18-,19-. The van der Waals surface area contributed by atoms with E-state index in [0.29, 0.717) is 23.5 Å². The summed E-state index contributed by atoms with van der Waals surface area (Å²) < 4.78 is 21.9.